The molecule has 0 aromatic heterocycles. The number of benzene rings is 2. The molecule has 2 amide bonds. The molecule has 1 heterocycles. The van der Waals surface area contributed by atoms with Crippen molar-refractivity contribution in [1.82, 2.24) is 4.90 Å². The first kappa shape index (κ1) is 17.6. The van der Waals surface area contributed by atoms with Crippen molar-refractivity contribution in [2.24, 2.45) is 0 Å². The number of amides is 2. The summed E-state index contributed by atoms with van der Waals surface area (Å²) in [6.07, 6.45) is 0.399. The van der Waals surface area contributed by atoms with Gasteiger partial charge in [-0.05, 0) is 47.9 Å². The van der Waals surface area contributed by atoms with E-state index in [1.165, 1.54) is 7.11 Å². The number of rotatable bonds is 2. The molecule has 0 fully saturated rings. The molecule has 0 saturated heterocycles. The maximum Gasteiger partial charge on any atom is 0.409 e. The molecule has 1 N–H and O–H groups in total. The Labute approximate surface area is 155 Å². The van der Waals surface area contributed by atoms with Crippen molar-refractivity contribution in [3.8, 4) is 0 Å². The lowest BCUT2D eigenvalue weighted by molar-refractivity contribution is 0.102. The van der Waals surface area contributed by atoms with Crippen LogP contribution in [0.4, 0.5) is 10.5 Å². The number of fused-ring (bicyclic) bond motifs is 1. The van der Waals surface area contributed by atoms with Crippen LogP contribution < -0.4 is 5.32 Å². The second-order valence-corrected chi connectivity index (χ2v) is 6.61. The van der Waals surface area contributed by atoms with Crippen molar-refractivity contribution < 1.29 is 14.3 Å². The Morgan fingerprint density at radius 3 is 2.48 bits per heavy atom. The minimum Gasteiger partial charge on any atom is -0.453 e. The molecule has 0 spiro atoms. The fraction of sp³-hybridized carbons (Fsp3) is 0.222. The largest absolute Gasteiger partial charge is 0.453 e. The Kier molecular flexibility index (Phi) is 5.16. The third kappa shape index (κ3) is 4.06. The van der Waals surface area contributed by atoms with Gasteiger partial charge in [0, 0.05) is 34.4 Å². The molecule has 25 heavy (non-hydrogen) atoms. The SMILES string of the molecule is COC(=O)N1CCc2ccc(NC(=O)c3cc(Cl)cc(Cl)c3)cc2C1. The van der Waals surface area contributed by atoms with Crippen molar-refractivity contribution in [2.45, 2.75) is 13.0 Å². The Bertz CT molecular complexity index is 819. The van der Waals surface area contributed by atoms with Crippen LogP contribution in [0, 0.1) is 0 Å². The second-order valence-electron chi connectivity index (χ2n) is 5.74. The summed E-state index contributed by atoms with van der Waals surface area (Å²) in [5, 5.41) is 3.63. The number of methoxy groups -OCH3 is 1. The molecule has 5 nitrogen and oxygen atoms in total. The van der Waals surface area contributed by atoms with E-state index >= 15 is 0 Å². The number of carbonyl (C=O) groups is 2. The Balaban J connectivity index is 1.78. The van der Waals surface area contributed by atoms with Gasteiger partial charge in [-0.25, -0.2) is 4.79 Å². The van der Waals surface area contributed by atoms with Crippen LogP contribution in [0.15, 0.2) is 36.4 Å². The molecular formula is C18H16Cl2N2O3. The standard InChI is InChI=1S/C18H16Cl2N2O3/c1-25-18(24)22-5-4-11-2-3-16(8-13(11)10-22)21-17(23)12-6-14(19)9-15(20)7-12/h2-3,6-9H,4-5,10H2,1H3,(H,21,23). The van der Waals surface area contributed by atoms with Gasteiger partial charge < -0.3 is 15.0 Å². The quantitative estimate of drug-likeness (QED) is 0.843. The second kappa shape index (κ2) is 7.33. The summed E-state index contributed by atoms with van der Waals surface area (Å²) in [6.45, 7) is 1.07. The van der Waals surface area contributed by atoms with Gasteiger partial charge in [-0.3, -0.25) is 4.79 Å². The zero-order valence-corrected chi connectivity index (χ0v) is 15.0. The molecule has 2 aromatic carbocycles. The molecule has 0 bridgehead atoms. The first-order valence-corrected chi connectivity index (χ1v) is 8.44. The smallest absolute Gasteiger partial charge is 0.409 e. The number of halogens is 2. The van der Waals surface area contributed by atoms with Gasteiger partial charge in [-0.1, -0.05) is 29.3 Å². The lowest BCUT2D eigenvalue weighted by Crippen LogP contribution is -2.35. The van der Waals surface area contributed by atoms with Crippen molar-refractivity contribution in [3.63, 3.8) is 0 Å². The number of nitrogens with one attached hydrogen (secondary N) is 1. The molecule has 0 atom stereocenters. The zero-order valence-electron chi connectivity index (χ0n) is 13.5. The number of ether oxygens (including phenoxy) is 1. The fourth-order valence-corrected chi connectivity index (χ4v) is 3.33. The average Bonchev–Trinajstić information content (AvgIpc) is 2.59. The molecule has 0 unspecified atom stereocenters. The van der Waals surface area contributed by atoms with E-state index in [-0.39, 0.29) is 12.0 Å². The minimum atomic E-state index is -0.353. The lowest BCUT2D eigenvalue weighted by Gasteiger charge is -2.28. The predicted molar refractivity (Wildman–Crippen MR) is 97.4 cm³/mol. The highest BCUT2D eigenvalue weighted by Crippen LogP contribution is 2.24. The number of hydrogen-bond acceptors (Lipinski definition) is 3. The summed E-state index contributed by atoms with van der Waals surface area (Å²) in [5.74, 6) is -0.301. The van der Waals surface area contributed by atoms with Crippen molar-refractivity contribution in [3.05, 3.63) is 63.1 Å². The van der Waals surface area contributed by atoms with E-state index in [1.807, 2.05) is 18.2 Å². The van der Waals surface area contributed by atoms with Crippen molar-refractivity contribution in [1.29, 1.82) is 0 Å². The summed E-state index contributed by atoms with van der Waals surface area (Å²) in [7, 11) is 1.37. The summed E-state index contributed by atoms with van der Waals surface area (Å²) in [6, 6.07) is 10.4. The van der Waals surface area contributed by atoms with Crippen LogP contribution in [0.1, 0.15) is 21.5 Å². The van der Waals surface area contributed by atoms with E-state index < -0.39 is 0 Å². The normalized spacial score (nSPS) is 13.2. The van der Waals surface area contributed by atoms with Crippen molar-refractivity contribution >= 4 is 40.9 Å². The van der Waals surface area contributed by atoms with Gasteiger partial charge in [-0.2, -0.15) is 0 Å². The summed E-state index contributed by atoms with van der Waals surface area (Å²) >= 11 is 11.9. The van der Waals surface area contributed by atoms with Gasteiger partial charge in [-0.15, -0.1) is 0 Å². The fourth-order valence-electron chi connectivity index (χ4n) is 2.81. The van der Waals surface area contributed by atoms with E-state index in [9.17, 15) is 9.59 Å². The molecule has 0 saturated carbocycles. The molecule has 3 rings (SSSR count). The molecule has 2 aromatic rings. The van der Waals surface area contributed by atoms with Gasteiger partial charge in [0.2, 0.25) is 0 Å². The monoisotopic (exact) mass is 378 g/mol. The van der Waals surface area contributed by atoms with Gasteiger partial charge in [0.05, 0.1) is 7.11 Å². The molecule has 7 heteroatoms. The van der Waals surface area contributed by atoms with Crippen LogP contribution in [-0.4, -0.2) is 30.6 Å². The first-order valence-electron chi connectivity index (χ1n) is 7.68. The predicted octanol–water partition coefficient (Wildman–Crippen LogP) is 4.37. The van der Waals surface area contributed by atoms with Crippen LogP contribution in [-0.2, 0) is 17.7 Å². The van der Waals surface area contributed by atoms with E-state index in [1.54, 1.807) is 23.1 Å². The topological polar surface area (TPSA) is 58.6 Å². The Hall–Kier alpha value is -2.24. The average molecular weight is 379 g/mol. The summed E-state index contributed by atoms with van der Waals surface area (Å²) in [4.78, 5) is 25.7. The van der Waals surface area contributed by atoms with Gasteiger partial charge in [0.15, 0.2) is 0 Å². The molecule has 0 radical (unpaired) electrons. The zero-order chi connectivity index (χ0) is 18.0. The molecular weight excluding hydrogens is 363 g/mol. The Morgan fingerprint density at radius 1 is 1.08 bits per heavy atom. The van der Waals surface area contributed by atoms with Crippen LogP contribution in [0.2, 0.25) is 10.0 Å². The van der Waals surface area contributed by atoms with Gasteiger partial charge >= 0.3 is 6.09 Å². The molecule has 130 valence electrons. The number of hydrogen-bond donors (Lipinski definition) is 1. The van der Waals surface area contributed by atoms with Crippen LogP contribution in [0.25, 0.3) is 0 Å². The van der Waals surface area contributed by atoms with E-state index in [0.717, 1.165) is 17.5 Å². The molecule has 0 aliphatic carbocycles. The third-order valence-corrected chi connectivity index (χ3v) is 4.47. The van der Waals surface area contributed by atoms with E-state index in [0.29, 0.717) is 34.4 Å². The van der Waals surface area contributed by atoms with Crippen molar-refractivity contribution in [2.75, 3.05) is 19.0 Å². The highest BCUT2D eigenvalue weighted by molar-refractivity contribution is 6.35. The number of carbonyl (C=O) groups excluding carboxylic acids is 2. The van der Waals surface area contributed by atoms with Crippen LogP contribution >= 0.6 is 23.2 Å². The maximum absolute atomic E-state index is 12.4. The lowest BCUT2D eigenvalue weighted by atomic mass is 9.99. The molecule has 1 aliphatic rings. The third-order valence-electron chi connectivity index (χ3n) is 4.03. The van der Waals surface area contributed by atoms with Gasteiger partial charge in [0.1, 0.15) is 0 Å². The summed E-state index contributed by atoms with van der Waals surface area (Å²) < 4.78 is 4.77. The summed E-state index contributed by atoms with van der Waals surface area (Å²) in [5.41, 5.74) is 3.17. The highest BCUT2D eigenvalue weighted by Gasteiger charge is 2.21. The van der Waals surface area contributed by atoms with Crippen LogP contribution in [0.3, 0.4) is 0 Å². The number of anilines is 1. The van der Waals surface area contributed by atoms with Gasteiger partial charge in [0.25, 0.3) is 5.91 Å². The van der Waals surface area contributed by atoms with E-state index in [2.05, 4.69) is 5.32 Å². The molecule has 1 aliphatic heterocycles. The van der Waals surface area contributed by atoms with Crippen LogP contribution in [0.5, 0.6) is 0 Å². The minimum absolute atomic E-state index is 0.301. The maximum atomic E-state index is 12.4. The highest BCUT2D eigenvalue weighted by atomic mass is 35.5. The Morgan fingerprint density at radius 2 is 1.80 bits per heavy atom. The van der Waals surface area contributed by atoms with E-state index in [4.69, 9.17) is 27.9 Å². The first-order chi connectivity index (χ1) is 12.0. The number of nitrogens with zero attached hydrogens (tertiary/aromatic N) is 1.